The largest absolute Gasteiger partial charge is 0.435 e. The van der Waals surface area contributed by atoms with E-state index >= 15 is 0 Å². The molecule has 0 aliphatic heterocycles. The lowest BCUT2D eigenvalue weighted by molar-refractivity contribution is -0.0546. The second kappa shape index (κ2) is 6.34. The summed E-state index contributed by atoms with van der Waals surface area (Å²) in [5.41, 5.74) is -0.366. The van der Waals surface area contributed by atoms with E-state index in [1.807, 2.05) is 0 Å². The summed E-state index contributed by atoms with van der Waals surface area (Å²) in [6, 6.07) is 2.73. The van der Waals surface area contributed by atoms with Gasteiger partial charge in [-0.15, -0.1) is 0 Å². The molecule has 0 atom stereocenters. The molecule has 0 bridgehead atoms. The molecule has 0 unspecified atom stereocenters. The molecule has 0 spiro atoms. The highest BCUT2D eigenvalue weighted by Gasteiger charge is 2.28. The van der Waals surface area contributed by atoms with Crippen molar-refractivity contribution in [3.63, 3.8) is 0 Å². The average molecular weight is 322 g/mol. The Balaban J connectivity index is 3.56. The molecule has 2 nitrogen and oxygen atoms in total. The number of ether oxygens (including phenoxy) is 2. The summed E-state index contributed by atoms with van der Waals surface area (Å²) in [5, 5.41) is 0. The lowest BCUT2D eigenvalue weighted by Crippen LogP contribution is -2.20. The highest BCUT2D eigenvalue weighted by Crippen LogP contribution is 2.42. The minimum atomic E-state index is -2.99. The van der Waals surface area contributed by atoms with Gasteiger partial charge in [-0.2, -0.15) is 17.6 Å². The fraction of sp³-hybridized carbons (Fsp3) is 0.625. The quantitative estimate of drug-likeness (QED) is 0.683. The van der Waals surface area contributed by atoms with Crippen LogP contribution in [0.5, 0.6) is 11.5 Å². The Morgan fingerprint density at radius 3 is 1.14 bits per heavy atom. The molecule has 0 aromatic heterocycles. The Morgan fingerprint density at radius 2 is 0.955 bits per heavy atom. The molecule has 22 heavy (non-hydrogen) atoms. The molecule has 0 fully saturated rings. The van der Waals surface area contributed by atoms with Crippen LogP contribution >= 0.6 is 0 Å². The first-order chi connectivity index (χ1) is 9.82. The van der Waals surface area contributed by atoms with Crippen LogP contribution in [0.1, 0.15) is 52.7 Å². The minimum Gasteiger partial charge on any atom is -0.435 e. The van der Waals surface area contributed by atoms with Crippen LogP contribution in [0.2, 0.25) is 0 Å². The fourth-order valence-corrected chi connectivity index (χ4v) is 2.12. The molecule has 0 amide bonds. The van der Waals surface area contributed by atoms with Crippen LogP contribution in [0.3, 0.4) is 0 Å². The summed E-state index contributed by atoms with van der Waals surface area (Å²) < 4.78 is 59.8. The molecule has 1 aromatic carbocycles. The summed E-state index contributed by atoms with van der Waals surface area (Å²) in [7, 11) is 0. The summed E-state index contributed by atoms with van der Waals surface area (Å²) >= 11 is 0. The molecule has 0 saturated heterocycles. The van der Waals surface area contributed by atoms with Crippen LogP contribution < -0.4 is 9.47 Å². The molecular weight excluding hydrogens is 300 g/mol. The van der Waals surface area contributed by atoms with Crippen molar-refractivity contribution >= 4 is 0 Å². The van der Waals surface area contributed by atoms with Crippen LogP contribution in [0.15, 0.2) is 12.1 Å². The van der Waals surface area contributed by atoms with Crippen molar-refractivity contribution in [3.05, 3.63) is 23.3 Å². The number of hydrogen-bond acceptors (Lipinski definition) is 2. The number of hydrogen-bond donors (Lipinski definition) is 0. The van der Waals surface area contributed by atoms with Gasteiger partial charge in [0.05, 0.1) is 0 Å². The predicted octanol–water partition coefficient (Wildman–Crippen LogP) is 5.48. The first-order valence-corrected chi connectivity index (χ1v) is 6.91. The Hall–Kier alpha value is -1.46. The highest BCUT2D eigenvalue weighted by atomic mass is 19.3. The third-order valence-electron chi connectivity index (χ3n) is 3.13. The van der Waals surface area contributed by atoms with Crippen LogP contribution in [-0.2, 0) is 10.8 Å². The molecule has 0 aliphatic carbocycles. The van der Waals surface area contributed by atoms with Crippen molar-refractivity contribution in [1.82, 2.24) is 0 Å². The Bertz CT molecular complexity index is 466. The van der Waals surface area contributed by atoms with E-state index in [1.165, 1.54) is 12.1 Å². The van der Waals surface area contributed by atoms with E-state index in [2.05, 4.69) is 9.47 Å². The number of alkyl halides is 4. The summed E-state index contributed by atoms with van der Waals surface area (Å²) in [4.78, 5) is 0. The molecule has 0 N–H and O–H groups in total. The summed E-state index contributed by atoms with van der Waals surface area (Å²) in [6.07, 6.45) is 0. The topological polar surface area (TPSA) is 18.5 Å². The SMILES string of the molecule is CC(C)(C)c1cc(OC(F)F)c(C(C)(C)C)cc1OC(F)F. The molecule has 0 aliphatic rings. The van der Waals surface area contributed by atoms with Crippen molar-refractivity contribution in [2.24, 2.45) is 0 Å². The van der Waals surface area contributed by atoms with Gasteiger partial charge in [0.2, 0.25) is 0 Å². The van der Waals surface area contributed by atoms with Crippen molar-refractivity contribution in [2.75, 3.05) is 0 Å². The Morgan fingerprint density at radius 1 is 0.682 bits per heavy atom. The van der Waals surface area contributed by atoms with Gasteiger partial charge in [-0.3, -0.25) is 0 Å². The molecule has 126 valence electrons. The van der Waals surface area contributed by atoms with E-state index in [0.717, 1.165) is 0 Å². The van der Waals surface area contributed by atoms with E-state index < -0.39 is 24.1 Å². The molecule has 1 rings (SSSR count). The zero-order chi connectivity index (χ0) is 17.3. The summed E-state index contributed by atoms with van der Waals surface area (Å²) in [5.74, 6) is -0.0388. The zero-order valence-corrected chi connectivity index (χ0v) is 13.6. The third-order valence-corrected chi connectivity index (χ3v) is 3.13. The zero-order valence-electron chi connectivity index (χ0n) is 13.6. The van der Waals surface area contributed by atoms with Gasteiger partial charge in [0.15, 0.2) is 0 Å². The van der Waals surface area contributed by atoms with Crippen molar-refractivity contribution < 1.29 is 27.0 Å². The summed E-state index contributed by atoms with van der Waals surface area (Å²) in [6.45, 7) is 4.71. The maximum Gasteiger partial charge on any atom is 0.387 e. The van der Waals surface area contributed by atoms with Crippen molar-refractivity contribution in [2.45, 2.75) is 65.6 Å². The second-order valence-corrected chi connectivity index (χ2v) is 7.10. The second-order valence-electron chi connectivity index (χ2n) is 7.10. The Kier molecular flexibility index (Phi) is 5.36. The normalized spacial score (nSPS) is 12.9. The number of halogens is 4. The number of benzene rings is 1. The Labute approximate surface area is 128 Å². The van der Waals surface area contributed by atoms with Crippen molar-refractivity contribution in [1.29, 1.82) is 0 Å². The minimum absolute atomic E-state index is 0.0194. The average Bonchev–Trinajstić information content (AvgIpc) is 2.26. The van der Waals surface area contributed by atoms with Crippen LogP contribution in [-0.4, -0.2) is 13.2 Å². The fourth-order valence-electron chi connectivity index (χ4n) is 2.12. The van der Waals surface area contributed by atoms with Gasteiger partial charge in [0, 0.05) is 11.1 Å². The molecule has 0 saturated carbocycles. The lowest BCUT2D eigenvalue weighted by Gasteiger charge is -2.28. The van der Waals surface area contributed by atoms with Gasteiger partial charge in [0.25, 0.3) is 0 Å². The van der Waals surface area contributed by atoms with E-state index in [0.29, 0.717) is 11.1 Å². The van der Waals surface area contributed by atoms with Crippen LogP contribution in [0.4, 0.5) is 17.6 Å². The lowest BCUT2D eigenvalue weighted by atomic mass is 9.81. The standard InChI is InChI=1S/C16H22F4O2/c1-15(2,3)9-7-12(22-14(19)20)10(16(4,5)6)8-11(9)21-13(17)18/h7-8,13-14H,1-6H3. The van der Waals surface area contributed by atoms with Gasteiger partial charge in [-0.1, -0.05) is 41.5 Å². The predicted molar refractivity (Wildman–Crippen MR) is 77.1 cm³/mol. The van der Waals surface area contributed by atoms with E-state index in [-0.39, 0.29) is 11.5 Å². The molecule has 0 radical (unpaired) electrons. The van der Waals surface area contributed by atoms with Crippen LogP contribution in [0, 0.1) is 0 Å². The van der Waals surface area contributed by atoms with Gasteiger partial charge in [0.1, 0.15) is 11.5 Å². The van der Waals surface area contributed by atoms with Gasteiger partial charge in [-0.25, -0.2) is 0 Å². The van der Waals surface area contributed by atoms with Crippen LogP contribution in [0.25, 0.3) is 0 Å². The first kappa shape index (κ1) is 18.6. The molecular formula is C16H22F4O2. The smallest absolute Gasteiger partial charge is 0.387 e. The van der Waals surface area contributed by atoms with E-state index in [1.54, 1.807) is 41.5 Å². The van der Waals surface area contributed by atoms with Crippen molar-refractivity contribution in [3.8, 4) is 11.5 Å². The molecule has 1 aromatic rings. The first-order valence-electron chi connectivity index (χ1n) is 6.91. The number of rotatable bonds is 4. The maximum absolute atomic E-state index is 12.7. The highest BCUT2D eigenvalue weighted by molar-refractivity contribution is 5.51. The molecule has 6 heteroatoms. The van der Waals surface area contributed by atoms with Gasteiger partial charge >= 0.3 is 13.2 Å². The third kappa shape index (κ3) is 4.78. The maximum atomic E-state index is 12.7. The monoisotopic (exact) mass is 322 g/mol. The molecule has 0 heterocycles. The van der Waals surface area contributed by atoms with Gasteiger partial charge < -0.3 is 9.47 Å². The van der Waals surface area contributed by atoms with E-state index in [4.69, 9.17) is 0 Å². The van der Waals surface area contributed by atoms with Gasteiger partial charge in [-0.05, 0) is 23.0 Å². The van der Waals surface area contributed by atoms with E-state index in [9.17, 15) is 17.6 Å².